The molecular formula is C23H24N4O2. The summed E-state index contributed by atoms with van der Waals surface area (Å²) in [5.74, 6) is 0.879. The minimum atomic E-state index is -0.0844. The van der Waals surface area contributed by atoms with Crippen molar-refractivity contribution in [3.8, 4) is 0 Å². The minimum Gasteiger partial charge on any atom is -0.378 e. The fourth-order valence-electron chi connectivity index (χ4n) is 4.14. The molecule has 5 rings (SSSR count). The zero-order valence-electron chi connectivity index (χ0n) is 16.2. The van der Waals surface area contributed by atoms with Crippen LogP contribution < -0.4 is 10.6 Å². The molecule has 0 radical (unpaired) electrons. The highest BCUT2D eigenvalue weighted by molar-refractivity contribution is 5.93. The number of amides is 2. The molecule has 1 aromatic heterocycles. The fourth-order valence-corrected chi connectivity index (χ4v) is 4.14. The summed E-state index contributed by atoms with van der Waals surface area (Å²) in [5, 5.41) is 7.56. The van der Waals surface area contributed by atoms with E-state index in [2.05, 4.69) is 41.0 Å². The van der Waals surface area contributed by atoms with Gasteiger partial charge in [-0.05, 0) is 54.3 Å². The lowest BCUT2D eigenvalue weighted by molar-refractivity contribution is 0.0564. The van der Waals surface area contributed by atoms with Crippen molar-refractivity contribution >= 4 is 28.4 Å². The molecule has 0 spiro atoms. The van der Waals surface area contributed by atoms with Crippen LogP contribution in [0.2, 0.25) is 0 Å². The Bertz CT molecular complexity index is 1050. The number of urea groups is 1. The Morgan fingerprint density at radius 3 is 2.83 bits per heavy atom. The largest absolute Gasteiger partial charge is 0.378 e. The van der Waals surface area contributed by atoms with Crippen LogP contribution in [0.4, 0.5) is 16.3 Å². The average molecular weight is 388 g/mol. The lowest BCUT2D eigenvalue weighted by Gasteiger charge is -2.26. The van der Waals surface area contributed by atoms with Gasteiger partial charge in [0.25, 0.3) is 0 Å². The molecule has 3 aromatic rings. The lowest BCUT2D eigenvalue weighted by atomic mass is 10.1. The average Bonchev–Trinajstić information content (AvgIpc) is 3.17. The van der Waals surface area contributed by atoms with Gasteiger partial charge in [0.2, 0.25) is 0 Å². The zero-order chi connectivity index (χ0) is 19.6. The number of morpholine rings is 1. The maximum absolute atomic E-state index is 12.4. The molecule has 1 aliphatic carbocycles. The fraction of sp³-hybridized carbons (Fsp3) is 0.304. The van der Waals surface area contributed by atoms with E-state index in [-0.39, 0.29) is 6.03 Å². The number of rotatable bonds is 3. The maximum Gasteiger partial charge on any atom is 0.321 e. The van der Waals surface area contributed by atoms with Gasteiger partial charge < -0.3 is 20.3 Å². The Hall–Kier alpha value is -3.12. The van der Waals surface area contributed by atoms with Crippen LogP contribution in [-0.4, -0.2) is 42.2 Å². The molecule has 2 amide bonds. The van der Waals surface area contributed by atoms with Crippen LogP contribution in [0.5, 0.6) is 0 Å². The van der Waals surface area contributed by atoms with Crippen molar-refractivity contribution in [3.05, 3.63) is 65.7 Å². The van der Waals surface area contributed by atoms with Crippen LogP contribution >= 0.6 is 0 Å². The SMILES string of the molecule is O=C(Nc1ccc2nc(N[C@@H]3CCc4ccccc43)ccc2c1)N1CCOCC1. The first-order valence-electron chi connectivity index (χ1n) is 10.1. The third-order valence-corrected chi connectivity index (χ3v) is 5.69. The molecule has 29 heavy (non-hydrogen) atoms. The third kappa shape index (κ3) is 3.76. The predicted molar refractivity (Wildman–Crippen MR) is 114 cm³/mol. The van der Waals surface area contributed by atoms with Crippen molar-refractivity contribution in [2.45, 2.75) is 18.9 Å². The Kier molecular flexibility index (Phi) is 4.77. The molecule has 1 atom stereocenters. The normalized spacial score (nSPS) is 18.5. The van der Waals surface area contributed by atoms with Crippen molar-refractivity contribution in [2.24, 2.45) is 0 Å². The van der Waals surface area contributed by atoms with Crippen molar-refractivity contribution in [1.29, 1.82) is 0 Å². The van der Waals surface area contributed by atoms with Crippen LogP contribution in [0, 0.1) is 0 Å². The first kappa shape index (κ1) is 17.9. The van der Waals surface area contributed by atoms with Gasteiger partial charge in [0.05, 0.1) is 24.8 Å². The van der Waals surface area contributed by atoms with Gasteiger partial charge in [-0.15, -0.1) is 0 Å². The summed E-state index contributed by atoms with van der Waals surface area (Å²) in [5.41, 5.74) is 4.48. The van der Waals surface area contributed by atoms with Crippen LogP contribution in [0.15, 0.2) is 54.6 Å². The number of benzene rings is 2. The summed E-state index contributed by atoms with van der Waals surface area (Å²) in [7, 11) is 0. The number of ether oxygens (including phenoxy) is 1. The van der Waals surface area contributed by atoms with Crippen LogP contribution in [0.3, 0.4) is 0 Å². The maximum atomic E-state index is 12.4. The van der Waals surface area contributed by atoms with E-state index >= 15 is 0 Å². The van der Waals surface area contributed by atoms with Crippen molar-refractivity contribution in [2.75, 3.05) is 36.9 Å². The Morgan fingerprint density at radius 1 is 1.07 bits per heavy atom. The first-order chi connectivity index (χ1) is 14.3. The van der Waals surface area contributed by atoms with E-state index in [9.17, 15) is 4.79 Å². The Labute approximate surface area is 169 Å². The van der Waals surface area contributed by atoms with E-state index in [0.717, 1.165) is 35.2 Å². The number of nitrogens with one attached hydrogen (secondary N) is 2. The molecule has 0 bridgehead atoms. The quantitative estimate of drug-likeness (QED) is 0.706. The molecular weight excluding hydrogens is 364 g/mol. The molecule has 2 heterocycles. The smallest absolute Gasteiger partial charge is 0.321 e. The van der Waals surface area contributed by atoms with E-state index < -0.39 is 0 Å². The Morgan fingerprint density at radius 2 is 1.93 bits per heavy atom. The molecule has 1 saturated heterocycles. The molecule has 0 saturated carbocycles. The molecule has 148 valence electrons. The number of anilines is 2. The van der Waals surface area contributed by atoms with Gasteiger partial charge in [-0.25, -0.2) is 9.78 Å². The number of aryl methyl sites for hydroxylation is 1. The van der Waals surface area contributed by atoms with Gasteiger partial charge in [0.15, 0.2) is 0 Å². The summed E-state index contributed by atoms with van der Waals surface area (Å²) in [6.45, 7) is 2.44. The molecule has 1 fully saturated rings. The Balaban J connectivity index is 1.30. The number of nitrogens with zero attached hydrogens (tertiary/aromatic N) is 2. The summed E-state index contributed by atoms with van der Waals surface area (Å²) < 4.78 is 5.30. The summed E-state index contributed by atoms with van der Waals surface area (Å²) in [6, 6.07) is 18.7. The number of hydrogen-bond donors (Lipinski definition) is 2. The highest BCUT2D eigenvalue weighted by atomic mass is 16.5. The van der Waals surface area contributed by atoms with Crippen LogP contribution in [0.25, 0.3) is 10.9 Å². The predicted octanol–water partition coefficient (Wildman–Crippen LogP) is 4.20. The topological polar surface area (TPSA) is 66.5 Å². The van der Waals surface area contributed by atoms with Gasteiger partial charge >= 0.3 is 6.03 Å². The van der Waals surface area contributed by atoms with E-state index in [1.165, 1.54) is 11.1 Å². The highest BCUT2D eigenvalue weighted by Gasteiger charge is 2.22. The second-order valence-electron chi connectivity index (χ2n) is 7.57. The number of hydrogen-bond acceptors (Lipinski definition) is 4. The van der Waals surface area contributed by atoms with Crippen molar-refractivity contribution in [3.63, 3.8) is 0 Å². The molecule has 0 unspecified atom stereocenters. The zero-order valence-corrected chi connectivity index (χ0v) is 16.2. The van der Waals surface area contributed by atoms with E-state index in [0.29, 0.717) is 32.3 Å². The molecule has 6 heteroatoms. The van der Waals surface area contributed by atoms with Gasteiger partial charge in [-0.2, -0.15) is 0 Å². The summed E-state index contributed by atoms with van der Waals surface area (Å²) in [6.07, 6.45) is 2.19. The van der Waals surface area contributed by atoms with Gasteiger partial charge in [-0.1, -0.05) is 24.3 Å². The highest BCUT2D eigenvalue weighted by Crippen LogP contribution is 2.33. The molecule has 2 aromatic carbocycles. The second kappa shape index (κ2) is 7.72. The lowest BCUT2D eigenvalue weighted by Crippen LogP contribution is -2.43. The standard InChI is InChI=1S/C23H24N4O2/c28-23(27-11-13-29-14-12-27)24-18-7-9-20-17(15-18)6-10-22(25-20)26-21-8-5-16-3-1-2-4-19(16)21/h1-4,6-7,9-10,15,21H,5,8,11-14H2,(H,24,28)(H,25,26)/t21-/m1/s1. The number of carbonyl (C=O) groups is 1. The van der Waals surface area contributed by atoms with Crippen molar-refractivity contribution in [1.82, 2.24) is 9.88 Å². The van der Waals surface area contributed by atoms with Crippen LogP contribution in [-0.2, 0) is 11.2 Å². The van der Waals surface area contributed by atoms with Crippen LogP contribution in [0.1, 0.15) is 23.6 Å². The molecule has 1 aliphatic heterocycles. The number of pyridine rings is 1. The van der Waals surface area contributed by atoms with E-state index in [1.807, 2.05) is 24.3 Å². The van der Waals surface area contributed by atoms with Gasteiger partial charge in [0, 0.05) is 24.2 Å². The van der Waals surface area contributed by atoms with Crippen molar-refractivity contribution < 1.29 is 9.53 Å². The second-order valence-corrected chi connectivity index (χ2v) is 7.57. The molecule has 2 aliphatic rings. The number of aromatic nitrogens is 1. The first-order valence-corrected chi connectivity index (χ1v) is 10.1. The monoisotopic (exact) mass is 388 g/mol. The van der Waals surface area contributed by atoms with Gasteiger partial charge in [-0.3, -0.25) is 0 Å². The van der Waals surface area contributed by atoms with Gasteiger partial charge in [0.1, 0.15) is 5.82 Å². The number of fused-ring (bicyclic) bond motifs is 2. The molecule has 6 nitrogen and oxygen atoms in total. The third-order valence-electron chi connectivity index (χ3n) is 5.69. The number of carbonyl (C=O) groups excluding carboxylic acids is 1. The summed E-state index contributed by atoms with van der Waals surface area (Å²) >= 11 is 0. The minimum absolute atomic E-state index is 0.0844. The molecule has 2 N–H and O–H groups in total. The van der Waals surface area contributed by atoms with E-state index in [4.69, 9.17) is 9.72 Å². The van der Waals surface area contributed by atoms with E-state index in [1.54, 1.807) is 4.90 Å². The summed E-state index contributed by atoms with van der Waals surface area (Å²) in [4.78, 5) is 18.9.